The van der Waals surface area contributed by atoms with Crippen LogP contribution in [0.1, 0.15) is 58.3 Å². The molecule has 6 unspecified atom stereocenters. The third-order valence-electron chi connectivity index (χ3n) is 7.97. The lowest BCUT2D eigenvalue weighted by Gasteiger charge is -2.42. The SMILES string of the molecule is CC1CCCC2CC(C(=O)NC3CCCC(N4CCN(CCN)CC4)C3)NC12. The average molecular weight is 392 g/mol. The van der Waals surface area contributed by atoms with Gasteiger partial charge in [-0.2, -0.15) is 0 Å². The van der Waals surface area contributed by atoms with Gasteiger partial charge in [-0.1, -0.05) is 13.3 Å². The summed E-state index contributed by atoms with van der Waals surface area (Å²) >= 11 is 0. The Bertz CT molecular complexity index is 521. The van der Waals surface area contributed by atoms with Crippen molar-refractivity contribution in [1.82, 2.24) is 20.4 Å². The zero-order chi connectivity index (χ0) is 19.5. The molecule has 6 atom stereocenters. The summed E-state index contributed by atoms with van der Waals surface area (Å²) in [6.45, 7) is 8.70. The number of rotatable bonds is 5. The maximum atomic E-state index is 13.0. The van der Waals surface area contributed by atoms with E-state index in [4.69, 9.17) is 5.73 Å². The van der Waals surface area contributed by atoms with E-state index >= 15 is 0 Å². The van der Waals surface area contributed by atoms with E-state index in [1.54, 1.807) is 0 Å². The highest BCUT2D eigenvalue weighted by Gasteiger charge is 2.42. The van der Waals surface area contributed by atoms with Crippen molar-refractivity contribution in [1.29, 1.82) is 0 Å². The Hall–Kier alpha value is -0.690. The largest absolute Gasteiger partial charge is 0.352 e. The molecular formula is C22H41N5O. The second-order valence-corrected chi connectivity index (χ2v) is 9.84. The molecule has 0 radical (unpaired) electrons. The van der Waals surface area contributed by atoms with Crippen molar-refractivity contribution in [2.45, 2.75) is 82.5 Å². The second kappa shape index (κ2) is 9.41. The van der Waals surface area contributed by atoms with Crippen molar-refractivity contribution in [3.63, 3.8) is 0 Å². The number of carbonyl (C=O) groups excluding carboxylic acids is 1. The first kappa shape index (κ1) is 20.6. The zero-order valence-corrected chi connectivity index (χ0v) is 17.7. The van der Waals surface area contributed by atoms with Crippen molar-refractivity contribution in [2.75, 3.05) is 39.3 Å². The topological polar surface area (TPSA) is 73.6 Å². The molecule has 0 spiro atoms. The molecule has 28 heavy (non-hydrogen) atoms. The maximum absolute atomic E-state index is 13.0. The van der Waals surface area contributed by atoms with E-state index in [1.807, 2.05) is 0 Å². The normalized spacial score (nSPS) is 40.2. The molecule has 0 bridgehead atoms. The van der Waals surface area contributed by atoms with Gasteiger partial charge in [0.2, 0.25) is 5.91 Å². The Morgan fingerprint density at radius 3 is 2.61 bits per heavy atom. The van der Waals surface area contributed by atoms with Gasteiger partial charge in [-0.15, -0.1) is 0 Å². The Labute approximate surface area is 171 Å². The molecule has 4 rings (SSSR count). The van der Waals surface area contributed by atoms with Gasteiger partial charge < -0.3 is 16.4 Å². The summed E-state index contributed by atoms with van der Waals surface area (Å²) in [5, 5.41) is 7.11. The summed E-state index contributed by atoms with van der Waals surface area (Å²) in [6.07, 6.45) is 9.77. The first-order valence-electron chi connectivity index (χ1n) is 11.9. The van der Waals surface area contributed by atoms with Gasteiger partial charge in [-0.25, -0.2) is 0 Å². The Kier molecular flexibility index (Phi) is 6.92. The molecule has 2 aliphatic carbocycles. The summed E-state index contributed by atoms with van der Waals surface area (Å²) in [4.78, 5) is 18.1. The molecule has 4 N–H and O–H groups in total. The van der Waals surface area contributed by atoms with Crippen LogP contribution in [0.4, 0.5) is 0 Å². The van der Waals surface area contributed by atoms with Crippen LogP contribution in [0, 0.1) is 11.8 Å². The van der Waals surface area contributed by atoms with Crippen LogP contribution in [-0.2, 0) is 4.79 Å². The van der Waals surface area contributed by atoms with Crippen molar-refractivity contribution in [3.05, 3.63) is 0 Å². The predicted octanol–water partition coefficient (Wildman–Crippen LogP) is 1.16. The summed E-state index contributed by atoms with van der Waals surface area (Å²) in [5.41, 5.74) is 5.70. The molecule has 6 heteroatoms. The van der Waals surface area contributed by atoms with Crippen molar-refractivity contribution in [2.24, 2.45) is 17.6 Å². The fourth-order valence-electron chi connectivity index (χ4n) is 6.34. The number of piperazine rings is 1. The van der Waals surface area contributed by atoms with Crippen LogP contribution in [-0.4, -0.2) is 79.1 Å². The lowest BCUT2D eigenvalue weighted by molar-refractivity contribution is -0.124. The molecule has 2 saturated carbocycles. The number of nitrogens with one attached hydrogen (secondary N) is 2. The van der Waals surface area contributed by atoms with E-state index < -0.39 is 0 Å². The number of amides is 1. The number of hydrogen-bond donors (Lipinski definition) is 3. The fraction of sp³-hybridized carbons (Fsp3) is 0.955. The fourth-order valence-corrected chi connectivity index (χ4v) is 6.34. The van der Waals surface area contributed by atoms with Crippen LogP contribution in [0.2, 0.25) is 0 Å². The maximum Gasteiger partial charge on any atom is 0.237 e. The van der Waals surface area contributed by atoms with E-state index in [0.717, 1.165) is 58.5 Å². The van der Waals surface area contributed by atoms with Gasteiger partial charge in [0.15, 0.2) is 0 Å². The van der Waals surface area contributed by atoms with E-state index in [-0.39, 0.29) is 11.9 Å². The molecule has 4 fully saturated rings. The molecule has 2 heterocycles. The Morgan fingerprint density at radius 1 is 1.07 bits per heavy atom. The summed E-state index contributed by atoms with van der Waals surface area (Å²) < 4.78 is 0. The van der Waals surface area contributed by atoms with Crippen LogP contribution >= 0.6 is 0 Å². The van der Waals surface area contributed by atoms with Gasteiger partial charge in [-0.3, -0.25) is 14.6 Å². The van der Waals surface area contributed by atoms with Crippen LogP contribution in [0.15, 0.2) is 0 Å². The van der Waals surface area contributed by atoms with Crippen molar-refractivity contribution >= 4 is 5.91 Å². The van der Waals surface area contributed by atoms with E-state index in [2.05, 4.69) is 27.4 Å². The van der Waals surface area contributed by atoms with Gasteiger partial charge in [0.1, 0.15) is 0 Å². The molecule has 1 amide bonds. The minimum atomic E-state index is 0.0377. The average Bonchev–Trinajstić information content (AvgIpc) is 3.15. The van der Waals surface area contributed by atoms with Crippen LogP contribution in [0.25, 0.3) is 0 Å². The standard InChI is InChI=1S/C22H41N5O/c1-16-4-2-5-17-14-20(25-21(16)17)22(28)24-18-6-3-7-19(15-18)27-12-10-26(9-8-23)11-13-27/h16-21,25H,2-15,23H2,1H3,(H,24,28). The van der Waals surface area contributed by atoms with E-state index in [0.29, 0.717) is 30.0 Å². The number of nitrogens with zero attached hydrogens (tertiary/aromatic N) is 2. The first-order valence-corrected chi connectivity index (χ1v) is 11.9. The van der Waals surface area contributed by atoms with Crippen molar-refractivity contribution < 1.29 is 4.79 Å². The van der Waals surface area contributed by atoms with E-state index in [9.17, 15) is 4.79 Å². The molecular weight excluding hydrogens is 350 g/mol. The zero-order valence-electron chi connectivity index (χ0n) is 17.7. The Balaban J connectivity index is 1.24. The summed E-state index contributed by atoms with van der Waals surface area (Å²) in [6, 6.07) is 1.59. The molecule has 0 aromatic rings. The number of carbonyl (C=O) groups is 1. The number of fused-ring (bicyclic) bond motifs is 1. The molecule has 2 aliphatic heterocycles. The lowest BCUT2D eigenvalue weighted by atomic mass is 9.78. The summed E-state index contributed by atoms with van der Waals surface area (Å²) in [5.74, 6) is 1.69. The Morgan fingerprint density at radius 2 is 1.86 bits per heavy atom. The number of nitrogens with two attached hydrogens (primary N) is 1. The molecule has 160 valence electrons. The van der Waals surface area contributed by atoms with Gasteiger partial charge in [-0.05, 0) is 56.8 Å². The van der Waals surface area contributed by atoms with Gasteiger partial charge in [0.05, 0.1) is 6.04 Å². The smallest absolute Gasteiger partial charge is 0.237 e. The first-order chi connectivity index (χ1) is 13.6. The van der Waals surface area contributed by atoms with Gasteiger partial charge >= 0.3 is 0 Å². The second-order valence-electron chi connectivity index (χ2n) is 9.84. The third-order valence-corrected chi connectivity index (χ3v) is 7.97. The minimum absolute atomic E-state index is 0.0377. The highest BCUT2D eigenvalue weighted by atomic mass is 16.2. The predicted molar refractivity (Wildman–Crippen MR) is 113 cm³/mol. The highest BCUT2D eigenvalue weighted by molar-refractivity contribution is 5.82. The van der Waals surface area contributed by atoms with Crippen LogP contribution in [0.5, 0.6) is 0 Å². The molecule has 6 nitrogen and oxygen atoms in total. The molecule has 2 saturated heterocycles. The highest BCUT2D eigenvalue weighted by Crippen LogP contribution is 2.36. The summed E-state index contributed by atoms with van der Waals surface area (Å²) in [7, 11) is 0. The van der Waals surface area contributed by atoms with Gasteiger partial charge in [0.25, 0.3) is 0 Å². The van der Waals surface area contributed by atoms with Crippen molar-refractivity contribution in [3.8, 4) is 0 Å². The molecule has 4 aliphatic rings. The van der Waals surface area contributed by atoms with Crippen LogP contribution < -0.4 is 16.4 Å². The molecule has 0 aromatic heterocycles. The minimum Gasteiger partial charge on any atom is -0.352 e. The monoisotopic (exact) mass is 391 g/mol. The van der Waals surface area contributed by atoms with Crippen LogP contribution in [0.3, 0.4) is 0 Å². The quantitative estimate of drug-likeness (QED) is 0.656. The van der Waals surface area contributed by atoms with E-state index in [1.165, 1.54) is 32.1 Å². The lowest BCUT2D eigenvalue weighted by Crippen LogP contribution is -2.55. The molecule has 0 aromatic carbocycles. The third kappa shape index (κ3) is 4.72. The number of hydrogen-bond acceptors (Lipinski definition) is 5. The van der Waals surface area contributed by atoms with Gasteiger partial charge in [0, 0.05) is 57.4 Å².